The van der Waals surface area contributed by atoms with Crippen LogP contribution in [0.5, 0.6) is 17.2 Å². The molecule has 2 heterocycles. The molecule has 0 amide bonds. The van der Waals surface area contributed by atoms with Crippen molar-refractivity contribution in [1.29, 1.82) is 0 Å². The summed E-state index contributed by atoms with van der Waals surface area (Å²) in [7, 11) is 0. The van der Waals surface area contributed by atoms with Crippen LogP contribution in [-0.2, 0) is 10.8 Å². The Kier molecular flexibility index (Phi) is 9.94. The van der Waals surface area contributed by atoms with E-state index in [2.05, 4.69) is 273 Å². The molecule has 6 aliphatic rings. The maximum absolute atomic E-state index is 6.83. The Morgan fingerprint density at radius 2 is 0.936 bits per heavy atom. The molecular formula is C75H53NO2. The molecule has 370 valence electrons. The average molecular weight is 1000 g/mol. The van der Waals surface area contributed by atoms with E-state index in [4.69, 9.17) is 9.47 Å². The first-order valence-corrected chi connectivity index (χ1v) is 27.6. The molecule has 2 spiro atoms. The van der Waals surface area contributed by atoms with Gasteiger partial charge in [-0.3, -0.25) is 0 Å². The lowest BCUT2D eigenvalue weighted by molar-refractivity contribution is 0.348. The molecule has 0 fully saturated rings. The highest BCUT2D eigenvalue weighted by atomic mass is 16.5. The van der Waals surface area contributed by atoms with Crippen molar-refractivity contribution in [3.05, 3.63) is 317 Å². The molecule has 2 aliphatic heterocycles. The third-order valence-corrected chi connectivity index (χ3v) is 17.6. The van der Waals surface area contributed by atoms with Crippen LogP contribution in [0.1, 0.15) is 65.1 Å². The van der Waals surface area contributed by atoms with Gasteiger partial charge in [0.15, 0.2) is 0 Å². The molecule has 16 rings (SSSR count). The quantitative estimate of drug-likeness (QED) is 0.166. The minimum Gasteiger partial charge on any atom is -0.461 e. The zero-order valence-electron chi connectivity index (χ0n) is 43.3. The number of hydrogen-bond donors (Lipinski definition) is 0. The third kappa shape index (κ3) is 6.39. The van der Waals surface area contributed by atoms with Gasteiger partial charge in [-0.15, -0.1) is 0 Å². The first kappa shape index (κ1) is 44.8. The number of para-hydroxylation sites is 3. The van der Waals surface area contributed by atoms with Gasteiger partial charge in [0, 0.05) is 45.7 Å². The number of allylic oxidation sites excluding steroid dienone is 8. The maximum atomic E-state index is 6.83. The average Bonchev–Trinajstić information content (AvgIpc) is 3.44. The summed E-state index contributed by atoms with van der Waals surface area (Å²) in [6, 6.07) is 87.3. The number of benzene rings is 10. The van der Waals surface area contributed by atoms with Crippen LogP contribution in [0, 0.1) is 5.92 Å². The van der Waals surface area contributed by atoms with Crippen molar-refractivity contribution in [2.24, 2.45) is 5.92 Å². The normalized spacial score (nSPS) is 18.2. The Morgan fingerprint density at radius 3 is 1.68 bits per heavy atom. The Labute approximate surface area is 456 Å². The van der Waals surface area contributed by atoms with E-state index >= 15 is 0 Å². The number of rotatable bonds is 6. The van der Waals surface area contributed by atoms with E-state index < -0.39 is 10.8 Å². The Hall–Kier alpha value is -9.44. The Balaban J connectivity index is 0.831. The van der Waals surface area contributed by atoms with E-state index in [1.54, 1.807) is 0 Å². The van der Waals surface area contributed by atoms with Gasteiger partial charge in [-0.2, -0.15) is 0 Å². The van der Waals surface area contributed by atoms with Gasteiger partial charge in [0.1, 0.15) is 23.0 Å². The summed E-state index contributed by atoms with van der Waals surface area (Å²) in [5.41, 5.74) is 24.9. The molecular weight excluding hydrogens is 947 g/mol. The van der Waals surface area contributed by atoms with Crippen LogP contribution in [0.3, 0.4) is 0 Å². The van der Waals surface area contributed by atoms with Crippen molar-refractivity contribution in [2.45, 2.75) is 37.0 Å². The van der Waals surface area contributed by atoms with E-state index in [1.165, 1.54) is 94.6 Å². The number of anilines is 3. The van der Waals surface area contributed by atoms with Crippen LogP contribution in [0.2, 0.25) is 0 Å². The first-order valence-electron chi connectivity index (χ1n) is 27.6. The summed E-state index contributed by atoms with van der Waals surface area (Å²) in [6.07, 6.45) is 12.4. The van der Waals surface area contributed by atoms with Crippen molar-refractivity contribution in [2.75, 3.05) is 4.90 Å². The van der Waals surface area contributed by atoms with E-state index in [0.29, 0.717) is 5.92 Å². The van der Waals surface area contributed by atoms with Gasteiger partial charge in [0.25, 0.3) is 0 Å². The van der Waals surface area contributed by atoms with Crippen LogP contribution in [0.4, 0.5) is 17.1 Å². The number of nitrogens with zero attached hydrogens (tertiary/aromatic N) is 1. The van der Waals surface area contributed by atoms with Crippen molar-refractivity contribution >= 4 is 22.6 Å². The minimum atomic E-state index is -0.513. The second kappa shape index (κ2) is 17.3. The predicted octanol–water partition coefficient (Wildman–Crippen LogP) is 19.3. The standard InChI is InChI=1S/C75H53NO2/c1-48-36-42-67-72(44-48)78-71-35-14-11-31-66(71)75(67)62-28-8-6-25-59(62)73-57(26-17-32-68(73)75)53-21-16-23-56(46-53)76(55-22-15-20-51(45-55)49-18-3-2-4-19-49)54-40-37-50(38-41-54)52-39-43-63-60(47-52)58-24-5-7-27-61(58)74(63)64-29-9-12-33-69(64)77-70-34-13-10-30-65(70)74/h2-4,6-23,25-43,45-48H,5,24,44H2,1H3. The molecule has 10 aromatic rings. The van der Waals surface area contributed by atoms with E-state index in [-0.39, 0.29) is 0 Å². The van der Waals surface area contributed by atoms with E-state index in [9.17, 15) is 0 Å². The summed E-state index contributed by atoms with van der Waals surface area (Å²) in [5, 5.41) is 0. The molecule has 3 nitrogen and oxygen atoms in total. The number of fused-ring (bicyclic) bond motifs is 16. The largest absolute Gasteiger partial charge is 0.461 e. The lowest BCUT2D eigenvalue weighted by atomic mass is 9.64. The summed E-state index contributed by atoms with van der Waals surface area (Å²) in [6.45, 7) is 2.28. The van der Waals surface area contributed by atoms with Crippen molar-refractivity contribution in [3.63, 3.8) is 0 Å². The monoisotopic (exact) mass is 999 g/mol. The maximum Gasteiger partial charge on any atom is 0.132 e. The molecule has 0 bridgehead atoms. The molecule has 78 heavy (non-hydrogen) atoms. The van der Waals surface area contributed by atoms with Gasteiger partial charge in [0.05, 0.1) is 10.8 Å². The molecule has 3 heteroatoms. The van der Waals surface area contributed by atoms with Crippen molar-refractivity contribution < 1.29 is 9.47 Å². The van der Waals surface area contributed by atoms with Crippen LogP contribution in [0.25, 0.3) is 50.1 Å². The molecule has 4 aliphatic carbocycles. The lowest BCUT2D eigenvalue weighted by Gasteiger charge is -2.42. The topological polar surface area (TPSA) is 21.7 Å². The smallest absolute Gasteiger partial charge is 0.132 e. The second-order valence-electron chi connectivity index (χ2n) is 21.8. The lowest BCUT2D eigenvalue weighted by Crippen LogP contribution is -2.35. The van der Waals surface area contributed by atoms with Gasteiger partial charge in [-0.25, -0.2) is 0 Å². The summed E-state index contributed by atoms with van der Waals surface area (Å²) >= 11 is 0. The summed E-state index contributed by atoms with van der Waals surface area (Å²) in [4.78, 5) is 2.43. The van der Waals surface area contributed by atoms with Gasteiger partial charge >= 0.3 is 0 Å². The molecule has 10 aromatic carbocycles. The number of hydrogen-bond acceptors (Lipinski definition) is 3. The van der Waals surface area contributed by atoms with Gasteiger partial charge < -0.3 is 14.4 Å². The van der Waals surface area contributed by atoms with Crippen molar-refractivity contribution in [1.82, 2.24) is 0 Å². The van der Waals surface area contributed by atoms with Crippen LogP contribution in [0.15, 0.2) is 278 Å². The highest BCUT2D eigenvalue weighted by Crippen LogP contribution is 2.65. The molecule has 0 N–H and O–H groups in total. The molecule has 2 unspecified atom stereocenters. The molecule has 0 aromatic heterocycles. The van der Waals surface area contributed by atoms with Crippen molar-refractivity contribution in [3.8, 4) is 61.8 Å². The van der Waals surface area contributed by atoms with Crippen LogP contribution >= 0.6 is 0 Å². The fraction of sp³-hybridized carbons (Fsp3) is 0.0933. The first-order chi connectivity index (χ1) is 38.6. The summed E-state index contributed by atoms with van der Waals surface area (Å²) < 4.78 is 13.5. The molecule has 0 saturated heterocycles. The van der Waals surface area contributed by atoms with Gasteiger partial charge in [0.2, 0.25) is 0 Å². The SMILES string of the molecule is CC1C=CC2=C(C1)Oc1ccccc1C21c2ccccc2-c2c(-c3cccc(N(c4ccc(-c5ccc6c(c5)C5=C(C=CCC5)C65c6ccccc6Oc6ccccc65)cc4)c4cccc(-c5ccccc5)c4)c3)cccc21. The van der Waals surface area contributed by atoms with Crippen LogP contribution in [-0.4, -0.2) is 0 Å². The van der Waals surface area contributed by atoms with E-state index in [0.717, 1.165) is 64.9 Å². The van der Waals surface area contributed by atoms with Crippen LogP contribution < -0.4 is 14.4 Å². The fourth-order valence-corrected chi connectivity index (χ4v) is 14.4. The molecule has 0 radical (unpaired) electrons. The zero-order chi connectivity index (χ0) is 51.5. The fourth-order valence-electron chi connectivity index (χ4n) is 14.4. The second-order valence-corrected chi connectivity index (χ2v) is 21.8. The third-order valence-electron chi connectivity index (χ3n) is 17.6. The molecule has 0 saturated carbocycles. The Bertz CT molecular complexity index is 4220. The summed E-state index contributed by atoms with van der Waals surface area (Å²) in [5.74, 6) is 4.26. The zero-order valence-corrected chi connectivity index (χ0v) is 43.3. The number of ether oxygens (including phenoxy) is 2. The van der Waals surface area contributed by atoms with Gasteiger partial charge in [-0.1, -0.05) is 207 Å². The van der Waals surface area contributed by atoms with Gasteiger partial charge in [-0.05, 0) is 157 Å². The van der Waals surface area contributed by atoms with E-state index in [1.807, 2.05) is 0 Å². The predicted molar refractivity (Wildman–Crippen MR) is 318 cm³/mol. The highest BCUT2D eigenvalue weighted by molar-refractivity contribution is 5.98. The minimum absolute atomic E-state index is 0.395. The molecule has 2 atom stereocenters. The highest BCUT2D eigenvalue weighted by Gasteiger charge is 2.54. The Morgan fingerprint density at radius 1 is 0.397 bits per heavy atom.